The van der Waals surface area contributed by atoms with Crippen LogP contribution < -0.4 is 15.6 Å². The summed E-state index contributed by atoms with van der Waals surface area (Å²) < 4.78 is 36.2. The minimum atomic E-state index is -2.97. The van der Waals surface area contributed by atoms with Gasteiger partial charge in [-0.3, -0.25) is 24.0 Å². The van der Waals surface area contributed by atoms with Crippen LogP contribution in [0.1, 0.15) is 42.5 Å². The van der Waals surface area contributed by atoms with Crippen molar-refractivity contribution in [2.45, 2.75) is 51.3 Å². The number of nitrogens with zero attached hydrogens (tertiary/aromatic N) is 4. The second-order valence-electron chi connectivity index (χ2n) is 9.80. The van der Waals surface area contributed by atoms with Crippen molar-refractivity contribution in [2.24, 2.45) is 0 Å². The van der Waals surface area contributed by atoms with Crippen LogP contribution in [-0.4, -0.2) is 76.0 Å². The number of fused-ring (bicyclic) bond motifs is 1. The Morgan fingerprint density at radius 1 is 1.13 bits per heavy atom. The van der Waals surface area contributed by atoms with E-state index in [0.29, 0.717) is 31.0 Å². The molecular formula is C27H31F2N5O5. The zero-order chi connectivity index (χ0) is 27.4. The standard InChI is InChI=1S/C27H31F2N5O5/c28-27(29)39-19-6-7-21(30-16-19)17-14-20-23(35)22(25(36)32-18-4-2-1-3-5-18)26(37)34(24(20)31-15-17)9-8-33-10-12-38-13-11-33/h6-7,14-16,18,27,35H,1-5,8-13H2,(H,32,36). The van der Waals surface area contributed by atoms with Crippen molar-refractivity contribution < 1.29 is 28.2 Å². The number of hydrogen-bond acceptors (Lipinski definition) is 8. The number of aromatic nitrogens is 3. The van der Waals surface area contributed by atoms with Gasteiger partial charge in [-0.15, -0.1) is 0 Å². The fourth-order valence-electron chi connectivity index (χ4n) is 5.16. The molecule has 2 fully saturated rings. The lowest BCUT2D eigenvalue weighted by molar-refractivity contribution is -0.0500. The first-order chi connectivity index (χ1) is 18.9. The summed E-state index contributed by atoms with van der Waals surface area (Å²) in [6.07, 6.45) is 7.42. The topological polar surface area (TPSA) is 119 Å². The highest BCUT2D eigenvalue weighted by Crippen LogP contribution is 2.30. The Labute approximate surface area is 223 Å². The van der Waals surface area contributed by atoms with E-state index in [0.717, 1.165) is 51.4 Å². The van der Waals surface area contributed by atoms with E-state index in [1.807, 2.05) is 0 Å². The molecule has 0 radical (unpaired) electrons. The Balaban J connectivity index is 1.53. The van der Waals surface area contributed by atoms with Gasteiger partial charge in [-0.2, -0.15) is 8.78 Å². The molecule has 1 aliphatic heterocycles. The summed E-state index contributed by atoms with van der Waals surface area (Å²) >= 11 is 0. The number of rotatable bonds is 8. The smallest absolute Gasteiger partial charge is 0.387 e. The summed E-state index contributed by atoms with van der Waals surface area (Å²) in [7, 11) is 0. The number of pyridine rings is 3. The van der Waals surface area contributed by atoms with Crippen molar-refractivity contribution in [1.82, 2.24) is 24.8 Å². The van der Waals surface area contributed by atoms with Gasteiger partial charge in [0, 0.05) is 44.0 Å². The molecule has 0 unspecified atom stereocenters. The Bertz CT molecular complexity index is 1370. The number of nitrogens with one attached hydrogen (secondary N) is 1. The van der Waals surface area contributed by atoms with Crippen LogP contribution in [0.15, 0.2) is 35.4 Å². The van der Waals surface area contributed by atoms with Crippen molar-refractivity contribution in [3.05, 3.63) is 46.5 Å². The third-order valence-corrected chi connectivity index (χ3v) is 7.24. The first-order valence-corrected chi connectivity index (χ1v) is 13.2. The van der Waals surface area contributed by atoms with Crippen LogP contribution in [0.5, 0.6) is 11.5 Å². The van der Waals surface area contributed by atoms with E-state index in [1.165, 1.54) is 22.9 Å². The summed E-state index contributed by atoms with van der Waals surface area (Å²) in [6, 6.07) is 4.38. The van der Waals surface area contributed by atoms with Gasteiger partial charge >= 0.3 is 6.61 Å². The third kappa shape index (κ3) is 6.17. The Kier molecular flexibility index (Phi) is 8.32. The van der Waals surface area contributed by atoms with Crippen LogP contribution in [0.25, 0.3) is 22.3 Å². The number of alkyl halides is 2. The normalized spacial score (nSPS) is 17.0. The molecule has 12 heteroatoms. The molecule has 2 N–H and O–H groups in total. The fourth-order valence-corrected chi connectivity index (χ4v) is 5.16. The molecule has 1 saturated heterocycles. The monoisotopic (exact) mass is 543 g/mol. The minimum absolute atomic E-state index is 0.0508. The number of amides is 1. The predicted molar refractivity (Wildman–Crippen MR) is 139 cm³/mol. The molecular weight excluding hydrogens is 512 g/mol. The second-order valence-corrected chi connectivity index (χ2v) is 9.80. The van der Waals surface area contributed by atoms with Gasteiger partial charge < -0.3 is 19.9 Å². The molecule has 1 amide bonds. The van der Waals surface area contributed by atoms with E-state index in [1.54, 1.807) is 6.07 Å². The number of halogens is 2. The van der Waals surface area contributed by atoms with Crippen molar-refractivity contribution in [3.8, 4) is 22.8 Å². The molecule has 0 aromatic carbocycles. The third-order valence-electron chi connectivity index (χ3n) is 7.24. The second kappa shape index (κ2) is 12.0. The summed E-state index contributed by atoms with van der Waals surface area (Å²) in [5, 5.41) is 14.4. The first-order valence-electron chi connectivity index (χ1n) is 13.2. The maximum atomic E-state index is 13.6. The van der Waals surface area contributed by atoms with E-state index in [9.17, 15) is 23.5 Å². The van der Waals surface area contributed by atoms with Crippen molar-refractivity contribution in [1.29, 1.82) is 0 Å². The summed E-state index contributed by atoms with van der Waals surface area (Å²) in [5.41, 5.74) is 0.181. The van der Waals surface area contributed by atoms with Gasteiger partial charge in [0.15, 0.2) is 0 Å². The number of aromatic hydroxyl groups is 1. The molecule has 2 aliphatic rings. The van der Waals surface area contributed by atoms with E-state index < -0.39 is 23.8 Å². The summed E-state index contributed by atoms with van der Waals surface area (Å²) in [5.74, 6) is -1.15. The van der Waals surface area contributed by atoms with Gasteiger partial charge in [-0.25, -0.2) is 4.98 Å². The highest BCUT2D eigenvalue weighted by atomic mass is 19.3. The van der Waals surface area contributed by atoms with Crippen molar-refractivity contribution >= 4 is 16.9 Å². The lowest BCUT2D eigenvalue weighted by Gasteiger charge is -2.27. The molecule has 208 valence electrons. The van der Waals surface area contributed by atoms with Crippen LogP contribution in [-0.2, 0) is 11.3 Å². The molecule has 39 heavy (non-hydrogen) atoms. The van der Waals surface area contributed by atoms with E-state index in [2.05, 4.69) is 24.9 Å². The van der Waals surface area contributed by atoms with Crippen LogP contribution in [0.3, 0.4) is 0 Å². The van der Waals surface area contributed by atoms with Crippen molar-refractivity contribution in [2.75, 3.05) is 32.8 Å². The number of carbonyl (C=O) groups is 1. The quantitative estimate of drug-likeness (QED) is 0.445. The summed E-state index contributed by atoms with van der Waals surface area (Å²) in [6.45, 7) is 0.520. The largest absolute Gasteiger partial charge is 0.506 e. The molecule has 0 spiro atoms. The zero-order valence-corrected chi connectivity index (χ0v) is 21.4. The molecule has 0 atom stereocenters. The number of hydrogen-bond donors (Lipinski definition) is 2. The van der Waals surface area contributed by atoms with Crippen molar-refractivity contribution in [3.63, 3.8) is 0 Å². The molecule has 4 heterocycles. The van der Waals surface area contributed by atoms with Gasteiger partial charge in [0.25, 0.3) is 11.5 Å². The number of carbonyl (C=O) groups excluding carboxylic acids is 1. The molecule has 0 bridgehead atoms. The lowest BCUT2D eigenvalue weighted by atomic mass is 9.95. The predicted octanol–water partition coefficient (Wildman–Crippen LogP) is 3.16. The SMILES string of the molecule is O=C(NC1CCCCC1)c1c(O)c2cc(-c3ccc(OC(F)F)cn3)cnc2n(CCN2CCOCC2)c1=O. The van der Waals surface area contributed by atoms with E-state index in [-0.39, 0.29) is 34.9 Å². The molecule has 1 saturated carbocycles. The Hall–Kier alpha value is -3.64. The maximum absolute atomic E-state index is 13.6. The van der Waals surface area contributed by atoms with E-state index in [4.69, 9.17) is 4.74 Å². The maximum Gasteiger partial charge on any atom is 0.387 e. The molecule has 1 aliphatic carbocycles. The van der Waals surface area contributed by atoms with Gasteiger partial charge in [0.1, 0.15) is 22.7 Å². The average molecular weight is 544 g/mol. The van der Waals surface area contributed by atoms with Gasteiger partial charge in [-0.1, -0.05) is 19.3 Å². The number of morpholine rings is 1. The lowest BCUT2D eigenvalue weighted by Crippen LogP contribution is -2.42. The fraction of sp³-hybridized carbons (Fsp3) is 0.481. The Morgan fingerprint density at radius 3 is 2.59 bits per heavy atom. The molecule has 3 aromatic heterocycles. The molecule has 3 aromatic rings. The minimum Gasteiger partial charge on any atom is -0.506 e. The van der Waals surface area contributed by atoms with Gasteiger partial charge in [0.05, 0.1) is 30.5 Å². The van der Waals surface area contributed by atoms with Crippen LogP contribution in [0, 0.1) is 0 Å². The van der Waals surface area contributed by atoms with Crippen LogP contribution >= 0.6 is 0 Å². The summed E-state index contributed by atoms with van der Waals surface area (Å²) in [4.78, 5) is 37.7. The van der Waals surface area contributed by atoms with Gasteiger partial charge in [-0.05, 0) is 31.0 Å². The average Bonchev–Trinajstić information content (AvgIpc) is 2.94. The first kappa shape index (κ1) is 26.9. The zero-order valence-electron chi connectivity index (χ0n) is 21.4. The molecule has 10 nitrogen and oxygen atoms in total. The Morgan fingerprint density at radius 2 is 1.90 bits per heavy atom. The highest BCUT2D eigenvalue weighted by molar-refractivity contribution is 6.02. The highest BCUT2D eigenvalue weighted by Gasteiger charge is 2.26. The molecule has 5 rings (SSSR count). The van der Waals surface area contributed by atoms with Crippen LogP contribution in [0.4, 0.5) is 8.78 Å². The van der Waals surface area contributed by atoms with E-state index >= 15 is 0 Å². The van der Waals surface area contributed by atoms with Gasteiger partial charge in [0.2, 0.25) is 0 Å². The number of ether oxygens (including phenoxy) is 2. The van der Waals surface area contributed by atoms with Crippen LogP contribution in [0.2, 0.25) is 0 Å².